The van der Waals surface area contributed by atoms with E-state index >= 15 is 0 Å². The van der Waals surface area contributed by atoms with Crippen LogP contribution in [0.25, 0.3) is 10.9 Å². The summed E-state index contributed by atoms with van der Waals surface area (Å²) in [6.45, 7) is 1.08. The molecular weight excluding hydrogens is 234 g/mol. The summed E-state index contributed by atoms with van der Waals surface area (Å²) >= 11 is 0. The van der Waals surface area contributed by atoms with E-state index < -0.39 is 0 Å². The number of nitrogens with zero attached hydrogens (tertiary/aromatic N) is 1. The molecule has 2 aromatic rings. The number of nitrogens with one attached hydrogen (secondary N) is 1. The number of fused-ring (bicyclic) bond motifs is 1. The quantitative estimate of drug-likeness (QED) is 0.821. The van der Waals surface area contributed by atoms with E-state index in [-0.39, 0.29) is 0 Å². The molecule has 2 aliphatic rings. The lowest BCUT2D eigenvalue weighted by Crippen LogP contribution is -2.18. The van der Waals surface area contributed by atoms with Gasteiger partial charge in [0.2, 0.25) is 0 Å². The van der Waals surface area contributed by atoms with Gasteiger partial charge in [-0.15, -0.1) is 0 Å². The molecule has 0 unspecified atom stereocenters. The molecule has 0 saturated heterocycles. The van der Waals surface area contributed by atoms with E-state index in [9.17, 15) is 0 Å². The van der Waals surface area contributed by atoms with Crippen LogP contribution in [-0.4, -0.2) is 11.5 Å². The molecule has 2 saturated carbocycles. The first-order valence-electron chi connectivity index (χ1n) is 7.16. The first-order valence-corrected chi connectivity index (χ1v) is 7.16. The zero-order valence-corrected chi connectivity index (χ0v) is 11.0. The first-order chi connectivity index (χ1) is 9.28. The summed E-state index contributed by atoms with van der Waals surface area (Å²) in [5, 5.41) is 4.62. The molecule has 98 valence electrons. The highest BCUT2D eigenvalue weighted by Gasteiger charge is 2.53. The molecule has 0 spiro atoms. The van der Waals surface area contributed by atoms with Crippen molar-refractivity contribution in [2.75, 3.05) is 17.6 Å². The van der Waals surface area contributed by atoms with Gasteiger partial charge in [0.05, 0.1) is 16.9 Å². The summed E-state index contributed by atoms with van der Waals surface area (Å²) in [4.78, 5) is 4.33. The van der Waals surface area contributed by atoms with Gasteiger partial charge in [0.1, 0.15) is 0 Å². The number of hydrogen-bond donors (Lipinski definition) is 2. The minimum atomic E-state index is 0.594. The molecule has 0 amide bonds. The van der Waals surface area contributed by atoms with E-state index in [2.05, 4.69) is 16.4 Å². The maximum Gasteiger partial charge on any atom is 0.0724 e. The second kappa shape index (κ2) is 3.86. The molecule has 4 rings (SSSR count). The molecule has 2 aliphatic carbocycles. The Balaban J connectivity index is 1.59. The lowest BCUT2D eigenvalue weighted by atomic mass is 10.0. The van der Waals surface area contributed by atoms with Gasteiger partial charge in [0.15, 0.2) is 0 Å². The van der Waals surface area contributed by atoms with Crippen molar-refractivity contribution in [2.24, 2.45) is 11.3 Å². The van der Waals surface area contributed by atoms with Crippen LogP contribution in [0.5, 0.6) is 0 Å². The van der Waals surface area contributed by atoms with Crippen LogP contribution in [0, 0.1) is 11.3 Å². The second-order valence-electron chi connectivity index (χ2n) is 6.09. The summed E-state index contributed by atoms with van der Waals surface area (Å²) in [7, 11) is 0. The van der Waals surface area contributed by atoms with Crippen LogP contribution in [0.1, 0.15) is 25.7 Å². The van der Waals surface area contributed by atoms with Crippen molar-refractivity contribution in [2.45, 2.75) is 25.7 Å². The minimum absolute atomic E-state index is 0.594. The molecule has 3 N–H and O–H groups in total. The van der Waals surface area contributed by atoms with E-state index in [0.717, 1.165) is 34.7 Å². The van der Waals surface area contributed by atoms with E-state index in [1.54, 1.807) is 6.20 Å². The highest BCUT2D eigenvalue weighted by Crippen LogP contribution is 2.61. The lowest BCUT2D eigenvalue weighted by Gasteiger charge is -2.17. The highest BCUT2D eigenvalue weighted by atomic mass is 14.9. The molecule has 1 heterocycles. The lowest BCUT2D eigenvalue weighted by molar-refractivity contribution is 0.467. The number of nitrogens with two attached hydrogens (primary N) is 1. The number of hydrogen-bond acceptors (Lipinski definition) is 3. The van der Waals surface area contributed by atoms with Gasteiger partial charge < -0.3 is 11.1 Å². The Morgan fingerprint density at radius 3 is 2.84 bits per heavy atom. The maximum absolute atomic E-state index is 6.26. The summed E-state index contributed by atoms with van der Waals surface area (Å²) in [6.07, 6.45) is 7.44. The second-order valence-corrected chi connectivity index (χ2v) is 6.09. The van der Waals surface area contributed by atoms with Crippen molar-refractivity contribution in [3.63, 3.8) is 0 Å². The van der Waals surface area contributed by atoms with Crippen molar-refractivity contribution in [3.05, 3.63) is 30.5 Å². The monoisotopic (exact) mass is 253 g/mol. The van der Waals surface area contributed by atoms with Crippen molar-refractivity contribution >= 4 is 22.3 Å². The van der Waals surface area contributed by atoms with Crippen LogP contribution >= 0.6 is 0 Å². The zero-order chi connectivity index (χ0) is 12.9. The Morgan fingerprint density at radius 2 is 2.11 bits per heavy atom. The van der Waals surface area contributed by atoms with E-state index in [0.29, 0.717) is 5.41 Å². The van der Waals surface area contributed by atoms with Crippen LogP contribution in [-0.2, 0) is 0 Å². The number of nitrogen functional groups attached to an aromatic ring is 1. The Bertz CT molecular complexity index is 627. The average Bonchev–Trinajstić information content (AvgIpc) is 3.30. The third-order valence-electron chi connectivity index (χ3n) is 4.79. The summed E-state index contributed by atoms with van der Waals surface area (Å²) in [5.41, 5.74) is 9.71. The molecule has 0 atom stereocenters. The third kappa shape index (κ3) is 1.84. The standard InChI is InChI=1S/C16H19N3/c17-15-12-2-1-9-18-13(12)5-6-14(15)19-10-16(7-8-16)11-3-4-11/h1-2,5-6,9,11,19H,3-4,7-8,10,17H2. The van der Waals surface area contributed by atoms with Gasteiger partial charge in [-0.1, -0.05) is 0 Å². The van der Waals surface area contributed by atoms with Crippen molar-refractivity contribution < 1.29 is 0 Å². The molecule has 3 heteroatoms. The van der Waals surface area contributed by atoms with Crippen LogP contribution in [0.3, 0.4) is 0 Å². The molecule has 19 heavy (non-hydrogen) atoms. The van der Waals surface area contributed by atoms with Gasteiger partial charge in [-0.3, -0.25) is 4.98 Å². The van der Waals surface area contributed by atoms with Crippen molar-refractivity contribution in [3.8, 4) is 0 Å². The number of aromatic nitrogens is 1. The van der Waals surface area contributed by atoms with Crippen molar-refractivity contribution in [1.29, 1.82) is 0 Å². The maximum atomic E-state index is 6.26. The third-order valence-corrected chi connectivity index (χ3v) is 4.79. The Labute approximate surface area is 113 Å². The zero-order valence-electron chi connectivity index (χ0n) is 11.0. The molecule has 1 aromatic heterocycles. The fourth-order valence-corrected chi connectivity index (χ4v) is 3.19. The highest BCUT2D eigenvalue weighted by molar-refractivity contribution is 5.96. The van der Waals surface area contributed by atoms with Gasteiger partial charge in [-0.2, -0.15) is 0 Å². The number of pyridine rings is 1. The Hall–Kier alpha value is -1.77. The van der Waals surface area contributed by atoms with Gasteiger partial charge in [-0.25, -0.2) is 0 Å². The fraction of sp³-hybridized carbons (Fsp3) is 0.438. The molecule has 0 bridgehead atoms. The van der Waals surface area contributed by atoms with Crippen molar-refractivity contribution in [1.82, 2.24) is 4.98 Å². The van der Waals surface area contributed by atoms with E-state index in [1.807, 2.05) is 18.2 Å². The molecular formula is C16H19N3. The normalized spacial score (nSPS) is 20.4. The van der Waals surface area contributed by atoms with Gasteiger partial charge in [-0.05, 0) is 61.3 Å². The van der Waals surface area contributed by atoms with Crippen LogP contribution in [0.4, 0.5) is 11.4 Å². The first kappa shape index (κ1) is 11.1. The van der Waals surface area contributed by atoms with Crippen LogP contribution < -0.4 is 11.1 Å². The minimum Gasteiger partial charge on any atom is -0.397 e. The van der Waals surface area contributed by atoms with Crippen LogP contribution in [0.2, 0.25) is 0 Å². The van der Waals surface area contributed by atoms with Crippen LogP contribution in [0.15, 0.2) is 30.5 Å². The Morgan fingerprint density at radius 1 is 1.26 bits per heavy atom. The summed E-state index contributed by atoms with van der Waals surface area (Å²) in [5.74, 6) is 0.975. The van der Waals surface area contributed by atoms with Gasteiger partial charge in [0.25, 0.3) is 0 Å². The molecule has 2 fully saturated rings. The molecule has 3 nitrogen and oxygen atoms in total. The predicted octanol–water partition coefficient (Wildman–Crippen LogP) is 3.42. The van der Waals surface area contributed by atoms with Gasteiger partial charge in [0, 0.05) is 18.1 Å². The van der Waals surface area contributed by atoms with E-state index in [4.69, 9.17) is 5.73 Å². The number of anilines is 2. The molecule has 1 aromatic carbocycles. The fourth-order valence-electron chi connectivity index (χ4n) is 3.19. The van der Waals surface area contributed by atoms with E-state index in [1.165, 1.54) is 25.7 Å². The SMILES string of the molecule is Nc1c(NCC2(C3CC3)CC2)ccc2ncccc12. The molecule has 0 radical (unpaired) electrons. The predicted molar refractivity (Wildman–Crippen MR) is 79.0 cm³/mol. The summed E-state index contributed by atoms with van der Waals surface area (Å²) < 4.78 is 0. The summed E-state index contributed by atoms with van der Waals surface area (Å²) in [6, 6.07) is 8.09. The number of benzene rings is 1. The topological polar surface area (TPSA) is 50.9 Å². The number of rotatable bonds is 4. The smallest absolute Gasteiger partial charge is 0.0724 e. The molecule has 0 aliphatic heterocycles. The van der Waals surface area contributed by atoms with Gasteiger partial charge >= 0.3 is 0 Å². The Kier molecular flexibility index (Phi) is 2.25. The largest absolute Gasteiger partial charge is 0.397 e. The average molecular weight is 253 g/mol.